The van der Waals surface area contributed by atoms with E-state index in [-0.39, 0.29) is 32.3 Å². The minimum absolute atomic E-state index is 0. The zero-order chi connectivity index (χ0) is 20.0. The van der Waals surface area contributed by atoms with E-state index in [1.807, 2.05) is 0 Å². The zero-order valence-corrected chi connectivity index (χ0v) is 19.6. The molecule has 3 aromatic rings. The smallest absolute Gasteiger partial charge is 0.132 e. The van der Waals surface area contributed by atoms with Crippen LogP contribution in [0.3, 0.4) is 0 Å². The van der Waals surface area contributed by atoms with Gasteiger partial charge in [0.25, 0.3) is 0 Å². The molecule has 2 aromatic carbocycles. The van der Waals surface area contributed by atoms with Gasteiger partial charge in [-0.2, -0.15) is 0 Å². The van der Waals surface area contributed by atoms with Crippen LogP contribution in [0.25, 0.3) is 22.2 Å². The van der Waals surface area contributed by atoms with Crippen LogP contribution >= 0.6 is 0 Å². The van der Waals surface area contributed by atoms with Gasteiger partial charge < -0.3 is 5.11 Å². The first-order valence-corrected chi connectivity index (χ1v) is 9.37. The van der Waals surface area contributed by atoms with Crippen molar-refractivity contribution in [3.8, 4) is 11.3 Å². The van der Waals surface area contributed by atoms with Gasteiger partial charge in [-0.05, 0) is 37.6 Å². The molecule has 3 nitrogen and oxygen atoms in total. The van der Waals surface area contributed by atoms with Crippen molar-refractivity contribution in [2.75, 3.05) is 0 Å². The number of hydrogen-bond acceptors (Lipinski definition) is 3. The van der Waals surface area contributed by atoms with Crippen LogP contribution in [0.5, 0.6) is 0 Å². The van der Waals surface area contributed by atoms with Gasteiger partial charge in [-0.25, -0.2) is 0 Å². The predicted octanol–water partition coefficient (Wildman–Crippen LogP) is 5.23. The van der Waals surface area contributed by atoms with Crippen LogP contribution in [0.4, 0.5) is 0 Å². The molecule has 1 heterocycles. The van der Waals surface area contributed by atoms with E-state index in [0.717, 1.165) is 28.8 Å². The molecule has 0 saturated heterocycles. The van der Waals surface area contributed by atoms with Gasteiger partial charge in [0.15, 0.2) is 0 Å². The van der Waals surface area contributed by atoms with Crippen LogP contribution in [-0.4, -0.2) is 22.0 Å². The van der Waals surface area contributed by atoms with Crippen molar-refractivity contribution in [3.63, 3.8) is 0 Å². The number of aromatic nitrogens is 1. The fourth-order valence-corrected chi connectivity index (χ4v) is 3.13. The van der Waals surface area contributed by atoms with Gasteiger partial charge in [-0.15, -0.1) is 34.9 Å². The van der Waals surface area contributed by atoms with Gasteiger partial charge in [-0.3, -0.25) is 9.78 Å². The molecule has 1 unspecified atom stereocenters. The number of aryl methyl sites for hydroxylation is 3. The van der Waals surface area contributed by atoms with Gasteiger partial charge in [0, 0.05) is 31.9 Å². The van der Waals surface area contributed by atoms with Crippen LogP contribution in [-0.2, 0) is 31.3 Å². The second-order valence-corrected chi connectivity index (χ2v) is 7.04. The third-order valence-corrected chi connectivity index (χ3v) is 4.21. The second-order valence-electron chi connectivity index (χ2n) is 7.04. The molecule has 0 aliphatic carbocycles. The van der Waals surface area contributed by atoms with E-state index in [0.29, 0.717) is 0 Å². The Bertz CT molecular complexity index is 915. The van der Waals surface area contributed by atoms with Gasteiger partial charge in [0.1, 0.15) is 5.78 Å². The van der Waals surface area contributed by atoms with Crippen molar-refractivity contribution >= 4 is 16.7 Å². The molecular weight excluding hydrogens is 526 g/mol. The standard InChI is InChI=1S/C19H18N.C5H10O2.Ir/c1-4-15-6-5-7-19-17(15)8-9-18(20-19)16-11-13(2)10-14(3)12-16;1-4(6)3-5(2)7;/h5-11H,4H2,1-3H3;4,6H,3H2,1-2H3;/q-1;;. The number of Topliss-reactive ketones (excluding diaryl/α,β-unsaturated/α-hetero) is 1. The molecule has 151 valence electrons. The summed E-state index contributed by atoms with van der Waals surface area (Å²) in [6, 6.07) is 18.3. The summed E-state index contributed by atoms with van der Waals surface area (Å²) < 4.78 is 0. The number of aliphatic hydroxyl groups is 1. The molecule has 4 heteroatoms. The number of carbonyl (C=O) groups is 1. The maximum absolute atomic E-state index is 10.1. The first-order chi connectivity index (χ1) is 12.8. The van der Waals surface area contributed by atoms with Crippen molar-refractivity contribution in [1.82, 2.24) is 4.98 Å². The average molecular weight is 555 g/mol. The summed E-state index contributed by atoms with van der Waals surface area (Å²) in [7, 11) is 0. The van der Waals surface area contributed by atoms with E-state index in [2.05, 4.69) is 69.3 Å². The molecule has 3 rings (SSSR count). The van der Waals surface area contributed by atoms with E-state index in [1.54, 1.807) is 6.92 Å². The van der Waals surface area contributed by atoms with Gasteiger partial charge in [0.05, 0.1) is 11.6 Å². The molecule has 0 aliphatic heterocycles. The Kier molecular flexibility index (Phi) is 9.67. The fourth-order valence-electron chi connectivity index (χ4n) is 3.13. The molecule has 1 N–H and O–H groups in total. The number of pyridine rings is 1. The number of hydrogen-bond donors (Lipinski definition) is 1. The molecule has 0 amide bonds. The molecule has 1 atom stereocenters. The number of carbonyl (C=O) groups excluding carboxylic acids is 1. The average Bonchev–Trinajstić information content (AvgIpc) is 2.59. The van der Waals surface area contributed by atoms with Gasteiger partial charge >= 0.3 is 0 Å². The number of benzene rings is 2. The number of ketones is 1. The summed E-state index contributed by atoms with van der Waals surface area (Å²) in [5.74, 6) is 0.0370. The Morgan fingerprint density at radius 3 is 2.43 bits per heavy atom. The zero-order valence-electron chi connectivity index (χ0n) is 17.2. The third kappa shape index (κ3) is 6.94. The molecular formula is C24H28IrNO2-. The third-order valence-electron chi connectivity index (χ3n) is 4.21. The Balaban J connectivity index is 0.000000425. The number of nitrogens with zero attached hydrogens (tertiary/aromatic N) is 1. The molecule has 28 heavy (non-hydrogen) atoms. The summed E-state index contributed by atoms with van der Waals surface area (Å²) >= 11 is 0. The Morgan fingerprint density at radius 1 is 1.18 bits per heavy atom. The van der Waals surface area contributed by atoms with Crippen molar-refractivity contribution in [1.29, 1.82) is 0 Å². The Morgan fingerprint density at radius 2 is 1.89 bits per heavy atom. The minimum atomic E-state index is -0.475. The van der Waals surface area contributed by atoms with Crippen molar-refractivity contribution in [3.05, 3.63) is 65.2 Å². The monoisotopic (exact) mass is 555 g/mol. The van der Waals surface area contributed by atoms with Crippen molar-refractivity contribution in [2.24, 2.45) is 0 Å². The molecule has 0 aliphatic rings. The van der Waals surface area contributed by atoms with Crippen molar-refractivity contribution < 1.29 is 30.0 Å². The van der Waals surface area contributed by atoms with Crippen LogP contribution in [0, 0.1) is 19.9 Å². The van der Waals surface area contributed by atoms with E-state index in [1.165, 1.54) is 23.4 Å². The molecule has 0 saturated carbocycles. The quantitative estimate of drug-likeness (QED) is 0.450. The summed E-state index contributed by atoms with van der Waals surface area (Å²) in [6.45, 7) is 9.43. The molecule has 0 bridgehead atoms. The fraction of sp³-hybridized carbons (Fsp3) is 0.333. The topological polar surface area (TPSA) is 50.2 Å². The minimum Gasteiger partial charge on any atom is -0.393 e. The maximum Gasteiger partial charge on any atom is 0.132 e. The van der Waals surface area contributed by atoms with E-state index in [4.69, 9.17) is 10.1 Å². The van der Waals surface area contributed by atoms with Crippen LogP contribution in [0.15, 0.2) is 42.5 Å². The van der Waals surface area contributed by atoms with Crippen molar-refractivity contribution in [2.45, 2.75) is 53.6 Å². The van der Waals surface area contributed by atoms with Crippen LogP contribution < -0.4 is 0 Å². The van der Waals surface area contributed by atoms with Crippen LogP contribution in [0.2, 0.25) is 0 Å². The molecule has 0 fully saturated rings. The van der Waals surface area contributed by atoms with E-state index in [9.17, 15) is 4.79 Å². The number of aliphatic hydroxyl groups excluding tert-OH is 1. The number of rotatable bonds is 4. The van der Waals surface area contributed by atoms with E-state index < -0.39 is 6.10 Å². The molecule has 0 spiro atoms. The first-order valence-electron chi connectivity index (χ1n) is 9.37. The molecule has 1 aromatic heterocycles. The predicted molar refractivity (Wildman–Crippen MR) is 112 cm³/mol. The second kappa shape index (κ2) is 11.2. The summed E-state index contributed by atoms with van der Waals surface area (Å²) in [5.41, 5.74) is 6.90. The van der Waals surface area contributed by atoms with Gasteiger partial charge in [0.2, 0.25) is 0 Å². The summed E-state index contributed by atoms with van der Waals surface area (Å²) in [5, 5.41) is 9.75. The van der Waals surface area contributed by atoms with Gasteiger partial charge in [-0.1, -0.05) is 45.0 Å². The Hall–Kier alpha value is -1.87. The van der Waals surface area contributed by atoms with E-state index >= 15 is 0 Å². The molecule has 1 radical (unpaired) electrons. The van der Waals surface area contributed by atoms with Crippen LogP contribution in [0.1, 0.15) is 43.9 Å². The first kappa shape index (κ1) is 24.2. The Labute approximate surface area is 181 Å². The largest absolute Gasteiger partial charge is 0.393 e. The maximum atomic E-state index is 10.1. The normalized spacial score (nSPS) is 11.2. The summed E-state index contributed by atoms with van der Waals surface area (Å²) in [4.78, 5) is 14.9. The SMILES string of the molecule is CC(=O)CC(C)O.CCc1cccc2nc(-c3[c-]c(C)cc(C)c3)ccc12.[Ir]. The summed E-state index contributed by atoms with van der Waals surface area (Å²) in [6.07, 6.45) is 0.839. The number of fused-ring (bicyclic) bond motifs is 1.